The van der Waals surface area contributed by atoms with Gasteiger partial charge in [-0.3, -0.25) is 4.98 Å². The summed E-state index contributed by atoms with van der Waals surface area (Å²) in [6.45, 7) is 0. The van der Waals surface area contributed by atoms with Crippen molar-refractivity contribution in [1.82, 2.24) is 15.0 Å². The summed E-state index contributed by atoms with van der Waals surface area (Å²) >= 11 is 0. The highest BCUT2D eigenvalue weighted by Gasteiger charge is 2.09. The van der Waals surface area contributed by atoms with Crippen LogP contribution in [0.4, 0.5) is 0 Å². The zero-order valence-corrected chi connectivity index (χ0v) is 10.2. The van der Waals surface area contributed by atoms with Gasteiger partial charge in [0.15, 0.2) is 0 Å². The van der Waals surface area contributed by atoms with Crippen molar-refractivity contribution in [1.29, 1.82) is 0 Å². The lowest BCUT2D eigenvalue weighted by atomic mass is 10.0. The van der Waals surface area contributed by atoms with Crippen LogP contribution in [0, 0.1) is 0 Å². The van der Waals surface area contributed by atoms with Gasteiger partial charge in [-0.1, -0.05) is 24.3 Å². The maximum Gasteiger partial charge on any atom is 0.137 e. The summed E-state index contributed by atoms with van der Waals surface area (Å²) in [6, 6.07) is 12.3. The Balaban J connectivity index is 2.10. The summed E-state index contributed by atoms with van der Waals surface area (Å²) in [5, 5.41) is 3.49. The smallest absolute Gasteiger partial charge is 0.137 e. The van der Waals surface area contributed by atoms with Crippen molar-refractivity contribution in [3.05, 3.63) is 61.2 Å². The first-order valence-electron chi connectivity index (χ1n) is 6.19. The molecule has 0 aliphatic rings. The summed E-state index contributed by atoms with van der Waals surface area (Å²) in [4.78, 5) is 11.9. The molecule has 3 heteroatoms. The van der Waals surface area contributed by atoms with Crippen molar-refractivity contribution < 1.29 is 0 Å². The number of pyridine rings is 2. The number of benzene rings is 1. The molecule has 0 unspecified atom stereocenters. The number of nitrogens with zero attached hydrogens (tertiary/aromatic N) is 2. The van der Waals surface area contributed by atoms with Crippen LogP contribution in [-0.2, 0) is 0 Å². The van der Waals surface area contributed by atoms with E-state index in [1.54, 1.807) is 6.20 Å². The normalized spacial score (nSPS) is 11.2. The third-order valence-corrected chi connectivity index (χ3v) is 3.41. The van der Waals surface area contributed by atoms with Gasteiger partial charge in [0.2, 0.25) is 0 Å². The summed E-state index contributed by atoms with van der Waals surface area (Å²) in [5.41, 5.74) is 3.19. The van der Waals surface area contributed by atoms with Crippen LogP contribution in [0.3, 0.4) is 0 Å². The van der Waals surface area contributed by atoms with E-state index in [1.807, 2.05) is 30.7 Å². The van der Waals surface area contributed by atoms with Gasteiger partial charge in [-0.05, 0) is 17.5 Å². The van der Waals surface area contributed by atoms with Crippen molar-refractivity contribution in [2.24, 2.45) is 0 Å². The molecule has 3 aromatic heterocycles. The minimum absolute atomic E-state index is 0.908. The van der Waals surface area contributed by atoms with Crippen LogP contribution in [0.2, 0.25) is 0 Å². The first kappa shape index (κ1) is 10.3. The lowest BCUT2D eigenvalue weighted by molar-refractivity contribution is 1.32. The molecule has 0 fully saturated rings. The first-order chi connectivity index (χ1) is 9.43. The predicted molar refractivity (Wildman–Crippen MR) is 76.8 cm³/mol. The molecule has 0 aliphatic heterocycles. The van der Waals surface area contributed by atoms with E-state index in [-0.39, 0.29) is 0 Å². The van der Waals surface area contributed by atoms with Crippen LogP contribution < -0.4 is 0 Å². The summed E-state index contributed by atoms with van der Waals surface area (Å²) in [7, 11) is 0. The molecule has 0 atom stereocenters. The molecule has 0 bridgehead atoms. The third-order valence-electron chi connectivity index (χ3n) is 3.41. The lowest BCUT2D eigenvalue weighted by Crippen LogP contribution is -1.82. The number of nitrogens with one attached hydrogen (secondary N) is 1. The molecule has 90 valence electrons. The van der Waals surface area contributed by atoms with Crippen LogP contribution in [0.15, 0.2) is 61.2 Å². The fourth-order valence-corrected chi connectivity index (χ4v) is 2.51. The average Bonchev–Trinajstić information content (AvgIpc) is 2.90. The van der Waals surface area contributed by atoms with E-state index in [1.165, 1.54) is 5.39 Å². The third kappa shape index (κ3) is 1.52. The number of H-pyrrole nitrogens is 1. The van der Waals surface area contributed by atoms with Gasteiger partial charge in [-0.25, -0.2) is 4.98 Å². The number of aromatic nitrogens is 3. The molecule has 0 aliphatic carbocycles. The van der Waals surface area contributed by atoms with Crippen molar-refractivity contribution in [3.63, 3.8) is 0 Å². The highest BCUT2D eigenvalue weighted by atomic mass is 14.8. The second-order valence-electron chi connectivity index (χ2n) is 4.51. The zero-order chi connectivity index (χ0) is 12.7. The Morgan fingerprint density at radius 3 is 2.74 bits per heavy atom. The Labute approximate surface area is 110 Å². The molecule has 4 aromatic rings. The topological polar surface area (TPSA) is 41.6 Å². The minimum Gasteiger partial charge on any atom is -0.346 e. The molecule has 3 heterocycles. The summed E-state index contributed by atoms with van der Waals surface area (Å²) in [5.74, 6) is 0. The standard InChI is InChI=1S/C16H11N3/c1-2-5-12-11(4-1)8-17-9-14(12)15-10-19-16-13(15)6-3-7-18-16/h1-10H,(H,18,19). The van der Waals surface area contributed by atoms with E-state index in [2.05, 4.69) is 39.2 Å². The van der Waals surface area contributed by atoms with Gasteiger partial charge in [0.05, 0.1) is 0 Å². The highest BCUT2D eigenvalue weighted by Crippen LogP contribution is 2.32. The summed E-state index contributed by atoms with van der Waals surface area (Å²) in [6.07, 6.45) is 7.61. The van der Waals surface area contributed by atoms with E-state index >= 15 is 0 Å². The monoisotopic (exact) mass is 245 g/mol. The quantitative estimate of drug-likeness (QED) is 0.554. The summed E-state index contributed by atoms with van der Waals surface area (Å²) < 4.78 is 0. The van der Waals surface area contributed by atoms with E-state index < -0.39 is 0 Å². The van der Waals surface area contributed by atoms with Crippen LogP contribution in [0.1, 0.15) is 0 Å². The molecule has 3 nitrogen and oxygen atoms in total. The van der Waals surface area contributed by atoms with Gasteiger partial charge in [-0.2, -0.15) is 0 Å². The Kier molecular flexibility index (Phi) is 2.12. The molecule has 0 saturated heterocycles. The molecular formula is C16H11N3. The molecule has 0 spiro atoms. The van der Waals surface area contributed by atoms with E-state index in [0.717, 1.165) is 27.5 Å². The van der Waals surface area contributed by atoms with E-state index in [0.29, 0.717) is 0 Å². The van der Waals surface area contributed by atoms with Gasteiger partial charge in [0, 0.05) is 46.7 Å². The number of hydrogen-bond acceptors (Lipinski definition) is 2. The number of fused-ring (bicyclic) bond motifs is 2. The van der Waals surface area contributed by atoms with Crippen molar-refractivity contribution in [2.75, 3.05) is 0 Å². The largest absolute Gasteiger partial charge is 0.346 e. The second-order valence-corrected chi connectivity index (χ2v) is 4.51. The van der Waals surface area contributed by atoms with Crippen LogP contribution in [0.25, 0.3) is 32.9 Å². The molecule has 1 aromatic carbocycles. The number of hydrogen-bond donors (Lipinski definition) is 1. The van der Waals surface area contributed by atoms with Gasteiger partial charge < -0.3 is 4.98 Å². The van der Waals surface area contributed by atoms with Gasteiger partial charge >= 0.3 is 0 Å². The zero-order valence-electron chi connectivity index (χ0n) is 10.2. The maximum absolute atomic E-state index is 4.34. The van der Waals surface area contributed by atoms with Crippen molar-refractivity contribution >= 4 is 21.8 Å². The predicted octanol–water partition coefficient (Wildman–Crippen LogP) is 3.78. The second kappa shape index (κ2) is 3.92. The molecule has 4 rings (SSSR count). The van der Waals surface area contributed by atoms with Gasteiger partial charge in [0.1, 0.15) is 5.65 Å². The molecule has 19 heavy (non-hydrogen) atoms. The molecular weight excluding hydrogens is 234 g/mol. The Morgan fingerprint density at radius 1 is 0.842 bits per heavy atom. The van der Waals surface area contributed by atoms with Gasteiger partial charge in [-0.15, -0.1) is 0 Å². The van der Waals surface area contributed by atoms with Crippen molar-refractivity contribution in [2.45, 2.75) is 0 Å². The first-order valence-corrected chi connectivity index (χ1v) is 6.19. The Morgan fingerprint density at radius 2 is 1.74 bits per heavy atom. The van der Waals surface area contributed by atoms with Crippen molar-refractivity contribution in [3.8, 4) is 11.1 Å². The van der Waals surface area contributed by atoms with Crippen LogP contribution in [0.5, 0.6) is 0 Å². The lowest BCUT2D eigenvalue weighted by Gasteiger charge is -2.04. The fraction of sp³-hybridized carbons (Fsp3) is 0. The Bertz CT molecular complexity index is 872. The highest BCUT2D eigenvalue weighted by molar-refractivity contribution is 6.03. The van der Waals surface area contributed by atoms with Crippen LogP contribution in [-0.4, -0.2) is 15.0 Å². The minimum atomic E-state index is 0.908. The SMILES string of the molecule is c1ccc2c(-c3c[nH]c4ncccc34)cncc2c1. The molecule has 1 N–H and O–H groups in total. The average molecular weight is 245 g/mol. The van der Waals surface area contributed by atoms with E-state index in [9.17, 15) is 0 Å². The van der Waals surface area contributed by atoms with E-state index in [4.69, 9.17) is 0 Å². The van der Waals surface area contributed by atoms with Crippen LogP contribution >= 0.6 is 0 Å². The molecule has 0 amide bonds. The molecule has 0 radical (unpaired) electrons. The molecule has 0 saturated carbocycles. The maximum atomic E-state index is 4.34. The van der Waals surface area contributed by atoms with Gasteiger partial charge in [0.25, 0.3) is 0 Å². The fourth-order valence-electron chi connectivity index (χ4n) is 2.51. The number of aromatic amines is 1. The Hall–Kier alpha value is -2.68. The number of rotatable bonds is 1.